The predicted molar refractivity (Wildman–Crippen MR) is 155 cm³/mol. The van der Waals surface area contributed by atoms with Crippen molar-refractivity contribution in [1.29, 1.82) is 0 Å². The molecule has 1 aromatic carbocycles. The molecular formula is C29H44N4O5Si. The van der Waals surface area contributed by atoms with E-state index in [0.717, 1.165) is 48.2 Å². The lowest BCUT2D eigenvalue weighted by Gasteiger charge is -2.36. The number of aliphatic hydroxyl groups excluding tert-OH is 1. The molecule has 3 aromatic rings. The monoisotopic (exact) mass is 556 g/mol. The summed E-state index contributed by atoms with van der Waals surface area (Å²) in [4.78, 5) is 9.01. The van der Waals surface area contributed by atoms with Gasteiger partial charge in [0.05, 0.1) is 23.4 Å². The number of aromatic nitrogens is 4. The van der Waals surface area contributed by atoms with E-state index in [0.29, 0.717) is 25.3 Å². The Kier molecular flexibility index (Phi) is 9.31. The molecule has 1 saturated heterocycles. The molecule has 0 radical (unpaired) electrons. The highest BCUT2D eigenvalue weighted by atomic mass is 28.4. The van der Waals surface area contributed by atoms with Crippen molar-refractivity contribution in [3.63, 3.8) is 0 Å². The van der Waals surface area contributed by atoms with E-state index in [-0.39, 0.29) is 29.5 Å². The summed E-state index contributed by atoms with van der Waals surface area (Å²) in [6.45, 7) is 16.4. The number of benzene rings is 1. The summed E-state index contributed by atoms with van der Waals surface area (Å²) in [6, 6.07) is 8.32. The van der Waals surface area contributed by atoms with Gasteiger partial charge in [0.2, 0.25) is 8.32 Å². The van der Waals surface area contributed by atoms with Gasteiger partial charge in [-0.3, -0.25) is 0 Å². The van der Waals surface area contributed by atoms with Gasteiger partial charge in [0.25, 0.3) is 0 Å². The van der Waals surface area contributed by atoms with Crippen molar-refractivity contribution in [1.82, 2.24) is 19.7 Å². The largest absolute Gasteiger partial charge is 0.543 e. The zero-order chi connectivity index (χ0) is 28.2. The molecule has 10 heteroatoms. The average molecular weight is 557 g/mol. The Morgan fingerprint density at radius 1 is 1.18 bits per heavy atom. The maximum atomic E-state index is 9.43. The second-order valence-electron chi connectivity index (χ2n) is 12.0. The van der Waals surface area contributed by atoms with Gasteiger partial charge in [0.15, 0.2) is 6.23 Å². The average Bonchev–Trinajstić information content (AvgIpc) is 3.26. The molecule has 1 N–H and O–H groups in total. The highest BCUT2D eigenvalue weighted by Gasteiger charge is 2.39. The lowest BCUT2D eigenvalue weighted by molar-refractivity contribution is -0.0365. The fraction of sp³-hybridized carbons (Fsp3) is 0.621. The fourth-order valence-electron chi connectivity index (χ4n) is 4.18. The Morgan fingerprint density at radius 3 is 2.67 bits per heavy atom. The van der Waals surface area contributed by atoms with Crippen LogP contribution in [-0.4, -0.2) is 65.2 Å². The van der Waals surface area contributed by atoms with Crippen molar-refractivity contribution < 1.29 is 23.7 Å². The number of nitrogens with zero attached hydrogens (tertiary/aromatic N) is 4. The van der Waals surface area contributed by atoms with E-state index in [2.05, 4.69) is 51.0 Å². The minimum absolute atomic E-state index is 0.0843. The number of ether oxygens (including phenoxy) is 3. The Bertz CT molecular complexity index is 1230. The molecule has 0 amide bonds. The van der Waals surface area contributed by atoms with Crippen molar-refractivity contribution in [2.75, 3.05) is 19.8 Å². The standard InChI is InChI=1S/C29H44N4O5Si/c1-20(34)14-17-35-21(2)19-37-28-30-15-13-24(31-28)27-23-18-22(38-39(6,7)29(3,4)5)11-12-25(23)33(32-27)26-10-8-9-16-36-26/h11-13,15,18,20-21,26,34H,8-10,14,16-17,19H2,1-7H3. The fourth-order valence-corrected chi connectivity index (χ4v) is 5.20. The molecule has 0 bridgehead atoms. The minimum atomic E-state index is -2.03. The van der Waals surface area contributed by atoms with E-state index in [1.807, 2.05) is 23.7 Å². The van der Waals surface area contributed by atoms with Crippen LogP contribution in [0.4, 0.5) is 0 Å². The number of rotatable bonds is 11. The van der Waals surface area contributed by atoms with Crippen LogP contribution in [0.25, 0.3) is 22.3 Å². The van der Waals surface area contributed by atoms with Crippen LogP contribution in [0.5, 0.6) is 11.8 Å². The second-order valence-corrected chi connectivity index (χ2v) is 16.7. The first-order chi connectivity index (χ1) is 18.4. The molecule has 0 aliphatic carbocycles. The third kappa shape index (κ3) is 7.36. The van der Waals surface area contributed by atoms with Crippen LogP contribution in [0.1, 0.15) is 66.5 Å². The van der Waals surface area contributed by atoms with Crippen LogP contribution < -0.4 is 9.16 Å². The quantitative estimate of drug-likeness (QED) is 0.282. The Labute approximate surface area is 233 Å². The smallest absolute Gasteiger partial charge is 0.317 e. The number of fused-ring (bicyclic) bond motifs is 1. The number of aliphatic hydroxyl groups is 1. The van der Waals surface area contributed by atoms with E-state index in [4.69, 9.17) is 28.7 Å². The molecule has 1 aliphatic heterocycles. The summed E-state index contributed by atoms with van der Waals surface area (Å²) in [6.07, 6.45) is 4.71. The number of hydrogen-bond acceptors (Lipinski definition) is 8. The van der Waals surface area contributed by atoms with E-state index >= 15 is 0 Å². The van der Waals surface area contributed by atoms with Crippen molar-refractivity contribution in [3.8, 4) is 23.1 Å². The molecule has 214 valence electrons. The van der Waals surface area contributed by atoms with Gasteiger partial charge in [-0.2, -0.15) is 10.1 Å². The van der Waals surface area contributed by atoms with Gasteiger partial charge in [0, 0.05) is 24.8 Å². The molecule has 3 unspecified atom stereocenters. The Balaban J connectivity index is 1.63. The maximum absolute atomic E-state index is 9.43. The minimum Gasteiger partial charge on any atom is -0.543 e. The number of hydrogen-bond donors (Lipinski definition) is 1. The van der Waals surface area contributed by atoms with Crippen molar-refractivity contribution in [2.45, 2.75) is 96.9 Å². The van der Waals surface area contributed by atoms with Gasteiger partial charge < -0.3 is 23.7 Å². The van der Waals surface area contributed by atoms with Crippen LogP contribution in [0.15, 0.2) is 30.5 Å². The molecule has 3 atom stereocenters. The Hall–Kier alpha value is -2.53. The lowest BCUT2D eigenvalue weighted by Crippen LogP contribution is -2.43. The van der Waals surface area contributed by atoms with Gasteiger partial charge in [-0.25, -0.2) is 9.67 Å². The van der Waals surface area contributed by atoms with Gasteiger partial charge in [-0.05, 0) is 81.9 Å². The normalized spacial score (nSPS) is 18.2. The molecular weight excluding hydrogens is 512 g/mol. The van der Waals surface area contributed by atoms with Crippen LogP contribution in [0.2, 0.25) is 18.1 Å². The van der Waals surface area contributed by atoms with Gasteiger partial charge in [-0.15, -0.1) is 0 Å². The first-order valence-electron chi connectivity index (χ1n) is 14.0. The zero-order valence-electron chi connectivity index (χ0n) is 24.4. The van der Waals surface area contributed by atoms with Crippen LogP contribution >= 0.6 is 0 Å². The Morgan fingerprint density at radius 2 is 1.97 bits per heavy atom. The van der Waals surface area contributed by atoms with Gasteiger partial charge >= 0.3 is 6.01 Å². The maximum Gasteiger partial charge on any atom is 0.317 e. The summed E-state index contributed by atoms with van der Waals surface area (Å²) in [7, 11) is -2.03. The third-order valence-corrected chi connectivity index (χ3v) is 11.9. The van der Waals surface area contributed by atoms with Crippen molar-refractivity contribution in [2.24, 2.45) is 0 Å². The van der Waals surface area contributed by atoms with Crippen LogP contribution in [-0.2, 0) is 9.47 Å². The first kappa shape index (κ1) is 29.4. The van der Waals surface area contributed by atoms with Crippen molar-refractivity contribution >= 4 is 19.2 Å². The highest BCUT2D eigenvalue weighted by Crippen LogP contribution is 2.39. The molecule has 2 aromatic heterocycles. The van der Waals surface area contributed by atoms with Crippen molar-refractivity contribution in [3.05, 3.63) is 30.5 Å². The van der Waals surface area contributed by atoms with Crippen LogP contribution in [0, 0.1) is 0 Å². The molecule has 1 fully saturated rings. The molecule has 0 spiro atoms. The summed E-state index contributed by atoms with van der Waals surface area (Å²) in [5.41, 5.74) is 2.40. The van der Waals surface area contributed by atoms with E-state index in [1.54, 1.807) is 13.1 Å². The van der Waals surface area contributed by atoms with E-state index in [9.17, 15) is 5.11 Å². The molecule has 39 heavy (non-hydrogen) atoms. The summed E-state index contributed by atoms with van der Waals surface area (Å²) in [5.74, 6) is 0.841. The molecule has 1 aliphatic rings. The molecule has 4 rings (SSSR count). The molecule has 3 heterocycles. The summed E-state index contributed by atoms with van der Waals surface area (Å²) < 4.78 is 26.3. The lowest BCUT2D eigenvalue weighted by atomic mass is 10.1. The topological polar surface area (TPSA) is 101 Å². The highest BCUT2D eigenvalue weighted by molar-refractivity contribution is 6.74. The van der Waals surface area contributed by atoms with E-state index < -0.39 is 8.32 Å². The third-order valence-electron chi connectivity index (χ3n) is 7.55. The first-order valence-corrected chi connectivity index (χ1v) is 16.9. The predicted octanol–water partition coefficient (Wildman–Crippen LogP) is 6.13. The summed E-state index contributed by atoms with van der Waals surface area (Å²) in [5, 5.41) is 15.5. The second kappa shape index (κ2) is 12.3. The van der Waals surface area contributed by atoms with Gasteiger partial charge in [-0.1, -0.05) is 20.8 Å². The summed E-state index contributed by atoms with van der Waals surface area (Å²) >= 11 is 0. The molecule has 9 nitrogen and oxygen atoms in total. The van der Waals surface area contributed by atoms with Crippen LogP contribution in [0.3, 0.4) is 0 Å². The SMILES string of the molecule is CC(O)CCOC(C)COc1nccc(-c2nn(C3CCCCO3)c3ccc(O[Si](C)(C)C(C)(C)C)cc23)n1. The zero-order valence-corrected chi connectivity index (χ0v) is 25.4. The van der Waals surface area contributed by atoms with E-state index in [1.165, 1.54) is 0 Å². The molecule has 0 saturated carbocycles. The van der Waals surface area contributed by atoms with Gasteiger partial charge in [0.1, 0.15) is 18.1 Å².